The highest BCUT2D eigenvalue weighted by molar-refractivity contribution is 7.21. The van der Waals surface area contributed by atoms with E-state index in [1.807, 2.05) is 38.1 Å². The van der Waals surface area contributed by atoms with Gasteiger partial charge in [-0.05, 0) is 60.7 Å². The van der Waals surface area contributed by atoms with Crippen molar-refractivity contribution < 1.29 is 27.5 Å². The largest absolute Gasteiger partial charge is 0.486 e. The number of fused-ring (bicyclic) bond motifs is 1. The maximum Gasteiger partial charge on any atom is 0.291 e. The fourth-order valence-corrected chi connectivity index (χ4v) is 5.74. The van der Waals surface area contributed by atoms with Gasteiger partial charge in [-0.25, -0.2) is 13.8 Å². The molecule has 0 aliphatic carbocycles. The number of carbonyl (C=O) groups is 2. The van der Waals surface area contributed by atoms with E-state index >= 15 is 0 Å². The molecule has 0 aliphatic heterocycles. The monoisotopic (exact) mass is 607 g/mol. The Bertz CT molecular complexity index is 1820. The number of aryl methyl sites for hydroxylation is 1. The lowest BCUT2D eigenvalue weighted by Gasteiger charge is -2.19. The SMILES string of the molecule is CCn1ncc(-c2cc(C(F)F)nc3sc(C(N)=O)c(NC(=O)c4ccc(COc5ccc(C(C)(C)C)cc5)o4)c23)c1C. The molecular formula is C31H31F2N5O4S. The molecule has 0 spiro atoms. The van der Waals surface area contributed by atoms with Gasteiger partial charge >= 0.3 is 0 Å². The molecule has 12 heteroatoms. The second-order valence-electron chi connectivity index (χ2n) is 11.0. The summed E-state index contributed by atoms with van der Waals surface area (Å²) in [5.41, 5.74) is 8.08. The van der Waals surface area contributed by atoms with Crippen LogP contribution in [0.5, 0.6) is 5.75 Å². The Morgan fingerprint density at radius 2 is 1.86 bits per heavy atom. The van der Waals surface area contributed by atoms with E-state index in [4.69, 9.17) is 14.9 Å². The predicted molar refractivity (Wildman–Crippen MR) is 161 cm³/mol. The Kier molecular flexibility index (Phi) is 8.06. The molecule has 0 bridgehead atoms. The molecule has 0 saturated heterocycles. The molecule has 0 radical (unpaired) electrons. The summed E-state index contributed by atoms with van der Waals surface area (Å²) in [6.45, 7) is 10.7. The van der Waals surface area contributed by atoms with Gasteiger partial charge in [0.15, 0.2) is 5.76 Å². The lowest BCUT2D eigenvalue weighted by molar-refractivity contribution is 0.0992. The minimum atomic E-state index is -2.86. The zero-order valence-corrected chi connectivity index (χ0v) is 25.1. The van der Waals surface area contributed by atoms with Crippen molar-refractivity contribution in [2.45, 2.75) is 59.6 Å². The molecule has 1 aromatic carbocycles. The number of hydrogen-bond acceptors (Lipinski definition) is 7. The maximum absolute atomic E-state index is 13.8. The highest BCUT2D eigenvalue weighted by atomic mass is 32.1. The number of alkyl halides is 2. The van der Waals surface area contributed by atoms with Crippen LogP contribution in [0.2, 0.25) is 0 Å². The molecule has 0 aliphatic rings. The van der Waals surface area contributed by atoms with E-state index in [1.165, 1.54) is 17.7 Å². The number of benzene rings is 1. The summed E-state index contributed by atoms with van der Waals surface area (Å²) in [6.07, 6.45) is -1.30. The smallest absolute Gasteiger partial charge is 0.291 e. The number of rotatable bonds is 9. The minimum Gasteiger partial charge on any atom is -0.486 e. The number of aromatic nitrogens is 3. The van der Waals surface area contributed by atoms with E-state index in [1.54, 1.807) is 16.9 Å². The number of anilines is 1. The van der Waals surface area contributed by atoms with Crippen molar-refractivity contribution in [3.63, 3.8) is 0 Å². The number of hydrogen-bond donors (Lipinski definition) is 2. The minimum absolute atomic E-state index is 0.0162. The molecule has 0 fully saturated rings. The van der Waals surface area contributed by atoms with Crippen LogP contribution >= 0.6 is 11.3 Å². The zero-order chi connectivity index (χ0) is 31.1. The molecule has 224 valence electrons. The Hall–Kier alpha value is -4.58. The Balaban J connectivity index is 1.46. The third-order valence-corrected chi connectivity index (χ3v) is 8.15. The second-order valence-corrected chi connectivity index (χ2v) is 12.0. The molecule has 2 amide bonds. The normalized spacial score (nSPS) is 11.8. The zero-order valence-electron chi connectivity index (χ0n) is 24.3. The van der Waals surface area contributed by atoms with Gasteiger partial charge in [-0.1, -0.05) is 32.9 Å². The van der Waals surface area contributed by atoms with Crippen LogP contribution in [0.3, 0.4) is 0 Å². The average molecular weight is 608 g/mol. The average Bonchev–Trinajstić information content (AvgIpc) is 3.68. The van der Waals surface area contributed by atoms with Crippen molar-refractivity contribution in [3.8, 4) is 16.9 Å². The van der Waals surface area contributed by atoms with Gasteiger partial charge in [-0.2, -0.15) is 5.10 Å². The standard InChI is InChI=1S/C31H31F2N5O4S/c1-6-38-16(2)21(14-35-38)20-13-22(27(32)33)36-30-24(20)25(26(43-30)28(34)39)37-29(40)23-12-11-19(42-23)15-41-18-9-7-17(8-10-18)31(3,4)5/h7-14,27H,6,15H2,1-5H3,(H2,34,39)(H,37,40). The number of furan rings is 1. The van der Waals surface area contributed by atoms with Crippen LogP contribution in [-0.2, 0) is 18.6 Å². The first-order chi connectivity index (χ1) is 20.4. The van der Waals surface area contributed by atoms with Crippen LogP contribution in [0, 0.1) is 6.92 Å². The summed E-state index contributed by atoms with van der Waals surface area (Å²) in [4.78, 5) is 30.0. The fraction of sp³-hybridized carbons (Fsp3) is 0.290. The molecule has 3 N–H and O–H groups in total. The lowest BCUT2D eigenvalue weighted by atomic mass is 9.87. The number of nitrogens with zero attached hydrogens (tertiary/aromatic N) is 3. The van der Waals surface area contributed by atoms with Crippen molar-refractivity contribution in [1.82, 2.24) is 14.8 Å². The number of amides is 2. The summed E-state index contributed by atoms with van der Waals surface area (Å²) >= 11 is 0.830. The van der Waals surface area contributed by atoms with Gasteiger partial charge in [-0.3, -0.25) is 14.3 Å². The Morgan fingerprint density at radius 3 is 2.47 bits per heavy atom. The quantitative estimate of drug-likeness (QED) is 0.182. The highest BCUT2D eigenvalue weighted by Crippen LogP contribution is 2.43. The van der Waals surface area contributed by atoms with Gasteiger partial charge in [-0.15, -0.1) is 11.3 Å². The van der Waals surface area contributed by atoms with Crippen molar-refractivity contribution in [3.05, 3.63) is 82.0 Å². The van der Waals surface area contributed by atoms with Crippen LogP contribution in [0.1, 0.15) is 77.1 Å². The van der Waals surface area contributed by atoms with Gasteiger partial charge < -0.3 is 20.2 Å². The van der Waals surface area contributed by atoms with Gasteiger partial charge in [0.1, 0.15) is 33.5 Å². The first kappa shape index (κ1) is 29.9. The van der Waals surface area contributed by atoms with E-state index in [9.17, 15) is 18.4 Å². The van der Waals surface area contributed by atoms with Crippen LogP contribution in [0.25, 0.3) is 21.3 Å². The maximum atomic E-state index is 13.8. The summed E-state index contributed by atoms with van der Waals surface area (Å²) in [5, 5.41) is 7.36. The van der Waals surface area contributed by atoms with E-state index < -0.39 is 23.9 Å². The third kappa shape index (κ3) is 6.00. The molecule has 0 unspecified atom stereocenters. The number of halogens is 2. The van der Waals surface area contributed by atoms with E-state index in [0.29, 0.717) is 34.6 Å². The van der Waals surface area contributed by atoms with E-state index in [2.05, 4.69) is 36.2 Å². The molecule has 4 aromatic heterocycles. The van der Waals surface area contributed by atoms with Gasteiger partial charge in [0.25, 0.3) is 18.2 Å². The summed E-state index contributed by atoms with van der Waals surface area (Å²) in [7, 11) is 0. The summed E-state index contributed by atoms with van der Waals surface area (Å²) in [5.74, 6) is -0.481. The first-order valence-corrected chi connectivity index (χ1v) is 14.4. The number of carbonyl (C=O) groups excluding carboxylic acids is 2. The van der Waals surface area contributed by atoms with Crippen LogP contribution in [0.4, 0.5) is 14.5 Å². The van der Waals surface area contributed by atoms with Crippen LogP contribution in [0.15, 0.2) is 53.1 Å². The molecule has 5 rings (SSSR count). The van der Waals surface area contributed by atoms with Crippen molar-refractivity contribution >= 4 is 39.1 Å². The predicted octanol–water partition coefficient (Wildman–Crippen LogP) is 7.25. The number of thiophene rings is 1. The summed E-state index contributed by atoms with van der Waals surface area (Å²) < 4.78 is 40.9. The molecule has 0 atom stereocenters. The van der Waals surface area contributed by atoms with Gasteiger partial charge in [0, 0.05) is 23.2 Å². The second kappa shape index (κ2) is 11.6. The van der Waals surface area contributed by atoms with Gasteiger partial charge in [0.05, 0.1) is 11.9 Å². The van der Waals surface area contributed by atoms with Gasteiger partial charge in [0.2, 0.25) is 0 Å². The number of nitrogens with one attached hydrogen (secondary N) is 1. The molecule has 4 heterocycles. The first-order valence-electron chi connectivity index (χ1n) is 13.6. The Morgan fingerprint density at radius 1 is 1.14 bits per heavy atom. The van der Waals surface area contributed by atoms with Crippen molar-refractivity contribution in [2.24, 2.45) is 5.73 Å². The molecule has 9 nitrogen and oxygen atoms in total. The number of pyridine rings is 1. The third-order valence-electron chi connectivity index (χ3n) is 7.05. The lowest BCUT2D eigenvalue weighted by Crippen LogP contribution is -2.16. The summed E-state index contributed by atoms with van der Waals surface area (Å²) in [6, 6.07) is 12.1. The molecular weight excluding hydrogens is 576 g/mol. The van der Waals surface area contributed by atoms with Crippen molar-refractivity contribution in [1.29, 1.82) is 0 Å². The van der Waals surface area contributed by atoms with Crippen molar-refractivity contribution in [2.75, 3.05) is 5.32 Å². The highest BCUT2D eigenvalue weighted by Gasteiger charge is 2.27. The van der Waals surface area contributed by atoms with E-state index in [0.717, 1.165) is 17.0 Å². The van der Waals surface area contributed by atoms with E-state index in [-0.39, 0.29) is 33.2 Å². The Labute approximate surface area is 250 Å². The molecule has 5 aromatic rings. The molecule has 43 heavy (non-hydrogen) atoms. The van der Waals surface area contributed by atoms with Crippen LogP contribution < -0.4 is 15.8 Å². The number of ether oxygens (including phenoxy) is 1. The number of nitrogens with two attached hydrogens (primary N) is 1. The fourth-order valence-electron chi connectivity index (χ4n) is 4.72. The topological polar surface area (TPSA) is 125 Å². The molecule has 0 saturated carbocycles. The van der Waals surface area contributed by atoms with Crippen LogP contribution in [-0.4, -0.2) is 26.6 Å². The number of primary amides is 1.